The summed E-state index contributed by atoms with van der Waals surface area (Å²) >= 11 is 0. The molecule has 1 aliphatic carbocycles. The minimum atomic E-state index is -0.317. The Balaban J connectivity index is 1.70. The number of nitrogens with zero attached hydrogens (tertiary/aromatic N) is 2. The van der Waals surface area contributed by atoms with Crippen LogP contribution in [0.1, 0.15) is 32.1 Å². The third-order valence-corrected chi connectivity index (χ3v) is 3.84. The SMILES string of the molecule is N#CC1CN(CC(O)CC2CCCC2)CCO1. The van der Waals surface area contributed by atoms with E-state index in [0.29, 0.717) is 19.7 Å². The number of aliphatic hydroxyl groups is 1. The molecule has 0 spiro atoms. The zero-order chi connectivity index (χ0) is 12.1. The first-order valence-electron chi connectivity index (χ1n) is 6.69. The number of hydrogen-bond acceptors (Lipinski definition) is 4. The molecule has 0 aromatic rings. The van der Waals surface area contributed by atoms with Gasteiger partial charge in [0.25, 0.3) is 0 Å². The minimum absolute atomic E-state index is 0.240. The Kier molecular flexibility index (Phi) is 4.78. The van der Waals surface area contributed by atoms with Crippen LogP contribution in [0.4, 0.5) is 0 Å². The van der Waals surface area contributed by atoms with Crippen LogP contribution in [0.3, 0.4) is 0 Å². The quantitative estimate of drug-likeness (QED) is 0.798. The number of nitriles is 1. The van der Waals surface area contributed by atoms with Crippen molar-refractivity contribution >= 4 is 0 Å². The van der Waals surface area contributed by atoms with Crippen molar-refractivity contribution in [2.24, 2.45) is 5.92 Å². The molecule has 0 bridgehead atoms. The molecule has 2 unspecified atom stereocenters. The van der Waals surface area contributed by atoms with Gasteiger partial charge in [-0.2, -0.15) is 5.26 Å². The van der Waals surface area contributed by atoms with Crippen molar-refractivity contribution in [1.29, 1.82) is 5.26 Å². The third kappa shape index (κ3) is 3.95. The van der Waals surface area contributed by atoms with Crippen LogP contribution in [-0.4, -0.2) is 48.5 Å². The number of hydrogen-bond donors (Lipinski definition) is 1. The molecule has 4 heteroatoms. The zero-order valence-corrected chi connectivity index (χ0v) is 10.3. The second-order valence-electron chi connectivity index (χ2n) is 5.29. The maximum absolute atomic E-state index is 10.1. The van der Waals surface area contributed by atoms with Gasteiger partial charge < -0.3 is 9.84 Å². The Morgan fingerprint density at radius 3 is 2.88 bits per heavy atom. The first kappa shape index (κ1) is 12.8. The summed E-state index contributed by atoms with van der Waals surface area (Å²) in [5.74, 6) is 0.720. The van der Waals surface area contributed by atoms with Crippen molar-refractivity contribution in [3.63, 3.8) is 0 Å². The van der Waals surface area contributed by atoms with Crippen LogP contribution in [-0.2, 0) is 4.74 Å². The summed E-state index contributed by atoms with van der Waals surface area (Å²) in [6.07, 6.45) is 5.57. The van der Waals surface area contributed by atoms with Crippen molar-refractivity contribution in [2.45, 2.75) is 44.3 Å². The number of ether oxygens (including phenoxy) is 1. The van der Waals surface area contributed by atoms with Crippen LogP contribution in [0.2, 0.25) is 0 Å². The molecule has 1 aliphatic heterocycles. The fourth-order valence-corrected chi connectivity index (χ4v) is 2.95. The molecule has 1 saturated heterocycles. The molecule has 96 valence electrons. The largest absolute Gasteiger partial charge is 0.392 e. The molecule has 2 aliphatic rings. The molecule has 0 aromatic heterocycles. The smallest absolute Gasteiger partial charge is 0.156 e. The van der Waals surface area contributed by atoms with Gasteiger partial charge >= 0.3 is 0 Å². The van der Waals surface area contributed by atoms with Gasteiger partial charge in [-0.3, -0.25) is 4.90 Å². The van der Waals surface area contributed by atoms with Gasteiger partial charge in [0.2, 0.25) is 0 Å². The van der Waals surface area contributed by atoms with Gasteiger partial charge in [-0.05, 0) is 12.3 Å². The summed E-state index contributed by atoms with van der Waals surface area (Å²) in [5, 5.41) is 18.9. The Morgan fingerprint density at radius 1 is 1.41 bits per heavy atom. The van der Waals surface area contributed by atoms with E-state index < -0.39 is 0 Å². The highest BCUT2D eigenvalue weighted by Crippen LogP contribution is 2.28. The topological polar surface area (TPSA) is 56.5 Å². The average Bonchev–Trinajstić information content (AvgIpc) is 2.82. The Morgan fingerprint density at radius 2 is 2.18 bits per heavy atom. The molecule has 2 atom stereocenters. The highest BCUT2D eigenvalue weighted by molar-refractivity contribution is 4.89. The highest BCUT2D eigenvalue weighted by Gasteiger charge is 2.24. The van der Waals surface area contributed by atoms with E-state index >= 15 is 0 Å². The summed E-state index contributed by atoms with van der Waals surface area (Å²) in [6.45, 7) is 2.77. The predicted octanol–water partition coefficient (Wildman–Crippen LogP) is 1.15. The predicted molar refractivity (Wildman–Crippen MR) is 64.4 cm³/mol. The Labute approximate surface area is 103 Å². The third-order valence-electron chi connectivity index (χ3n) is 3.84. The van der Waals surface area contributed by atoms with Crippen molar-refractivity contribution in [1.82, 2.24) is 4.90 Å². The van der Waals surface area contributed by atoms with Crippen LogP contribution >= 0.6 is 0 Å². The normalized spacial score (nSPS) is 29.1. The lowest BCUT2D eigenvalue weighted by atomic mass is 10.00. The monoisotopic (exact) mass is 238 g/mol. The van der Waals surface area contributed by atoms with E-state index in [1.54, 1.807) is 0 Å². The molecule has 1 saturated carbocycles. The van der Waals surface area contributed by atoms with Gasteiger partial charge in [0, 0.05) is 19.6 Å². The van der Waals surface area contributed by atoms with Gasteiger partial charge in [-0.1, -0.05) is 25.7 Å². The summed E-state index contributed by atoms with van der Waals surface area (Å²) in [7, 11) is 0. The fourth-order valence-electron chi connectivity index (χ4n) is 2.95. The number of morpholine rings is 1. The molecule has 4 nitrogen and oxygen atoms in total. The van der Waals surface area contributed by atoms with E-state index in [1.165, 1.54) is 25.7 Å². The molecular weight excluding hydrogens is 216 g/mol. The maximum atomic E-state index is 10.1. The Hall–Kier alpha value is -0.630. The van der Waals surface area contributed by atoms with E-state index in [2.05, 4.69) is 11.0 Å². The van der Waals surface area contributed by atoms with Gasteiger partial charge in [-0.25, -0.2) is 0 Å². The van der Waals surface area contributed by atoms with Crippen molar-refractivity contribution in [3.8, 4) is 6.07 Å². The van der Waals surface area contributed by atoms with Crippen molar-refractivity contribution in [3.05, 3.63) is 0 Å². The molecule has 2 rings (SSSR count). The summed E-state index contributed by atoms with van der Waals surface area (Å²) < 4.78 is 5.29. The molecule has 1 heterocycles. The van der Waals surface area contributed by atoms with Crippen molar-refractivity contribution in [2.75, 3.05) is 26.2 Å². The lowest BCUT2D eigenvalue weighted by Gasteiger charge is -2.31. The zero-order valence-electron chi connectivity index (χ0n) is 10.3. The summed E-state index contributed by atoms with van der Waals surface area (Å²) in [4.78, 5) is 2.15. The maximum Gasteiger partial charge on any atom is 0.156 e. The van der Waals surface area contributed by atoms with Gasteiger partial charge in [-0.15, -0.1) is 0 Å². The first-order valence-corrected chi connectivity index (χ1v) is 6.69. The van der Waals surface area contributed by atoms with E-state index in [4.69, 9.17) is 10.00 Å². The lowest BCUT2D eigenvalue weighted by molar-refractivity contribution is -0.0184. The molecule has 17 heavy (non-hydrogen) atoms. The Bertz CT molecular complexity index is 271. The van der Waals surface area contributed by atoms with Crippen molar-refractivity contribution < 1.29 is 9.84 Å². The first-order chi connectivity index (χ1) is 8.28. The van der Waals surface area contributed by atoms with Crippen LogP contribution in [0.25, 0.3) is 0 Å². The molecule has 0 amide bonds. The highest BCUT2D eigenvalue weighted by atomic mass is 16.5. The lowest BCUT2D eigenvalue weighted by Crippen LogP contribution is -2.45. The minimum Gasteiger partial charge on any atom is -0.392 e. The van der Waals surface area contributed by atoms with E-state index in [0.717, 1.165) is 18.9 Å². The number of rotatable bonds is 4. The molecule has 0 aromatic carbocycles. The van der Waals surface area contributed by atoms with Gasteiger partial charge in [0.1, 0.15) is 0 Å². The van der Waals surface area contributed by atoms with Crippen LogP contribution in [0, 0.1) is 17.2 Å². The van der Waals surface area contributed by atoms with E-state index in [9.17, 15) is 5.11 Å². The summed E-state index contributed by atoms with van der Waals surface area (Å²) in [5.41, 5.74) is 0. The summed E-state index contributed by atoms with van der Waals surface area (Å²) in [6, 6.07) is 2.13. The standard InChI is InChI=1S/C13H22N2O2/c14-8-13-10-15(5-6-17-13)9-12(16)7-11-3-1-2-4-11/h11-13,16H,1-7,9-10H2. The fraction of sp³-hybridized carbons (Fsp3) is 0.923. The van der Waals surface area contributed by atoms with Gasteiger partial charge in [0.15, 0.2) is 6.10 Å². The van der Waals surface area contributed by atoms with E-state index in [-0.39, 0.29) is 12.2 Å². The average molecular weight is 238 g/mol. The van der Waals surface area contributed by atoms with E-state index in [1.807, 2.05) is 0 Å². The second-order valence-corrected chi connectivity index (χ2v) is 5.29. The van der Waals surface area contributed by atoms with Crippen LogP contribution < -0.4 is 0 Å². The van der Waals surface area contributed by atoms with Crippen LogP contribution in [0.15, 0.2) is 0 Å². The second kappa shape index (κ2) is 6.34. The molecule has 2 fully saturated rings. The van der Waals surface area contributed by atoms with Gasteiger partial charge in [0.05, 0.1) is 18.8 Å². The number of aliphatic hydroxyl groups excluding tert-OH is 1. The van der Waals surface area contributed by atoms with Crippen LogP contribution in [0.5, 0.6) is 0 Å². The number of β-amino-alcohol motifs (C(OH)–C–C–N with tert-alkyl or cyclic N) is 1. The molecule has 1 N–H and O–H groups in total. The molecular formula is C13H22N2O2. The molecule has 0 radical (unpaired) electrons.